The number of carboxylic acid groups (broad SMARTS) is 1. The van der Waals surface area contributed by atoms with Gasteiger partial charge in [0, 0.05) is 18.7 Å². The van der Waals surface area contributed by atoms with Crippen LogP contribution >= 0.6 is 0 Å². The van der Waals surface area contributed by atoms with Crippen LogP contribution in [0.15, 0.2) is 12.3 Å². The standard InChI is InChI=1S/C15H19N3O2/c1-9(2)8-18-13(10-4-3-5-10)17-12-6-11(15(19)20)7-16-14(12)18/h6-7,9-10H,3-5,8H2,1-2H3,(H,19,20). The largest absolute Gasteiger partial charge is 0.478 e. The van der Waals surface area contributed by atoms with Crippen LogP contribution in [0.25, 0.3) is 11.2 Å². The van der Waals surface area contributed by atoms with Gasteiger partial charge in [0.2, 0.25) is 0 Å². The molecule has 106 valence electrons. The van der Waals surface area contributed by atoms with Gasteiger partial charge < -0.3 is 9.67 Å². The highest BCUT2D eigenvalue weighted by Crippen LogP contribution is 2.37. The molecule has 5 heteroatoms. The maximum Gasteiger partial charge on any atom is 0.337 e. The monoisotopic (exact) mass is 273 g/mol. The highest BCUT2D eigenvalue weighted by molar-refractivity contribution is 5.90. The lowest BCUT2D eigenvalue weighted by Crippen LogP contribution is -2.17. The van der Waals surface area contributed by atoms with E-state index in [2.05, 4.69) is 28.4 Å². The molecule has 3 rings (SSSR count). The summed E-state index contributed by atoms with van der Waals surface area (Å²) in [5, 5.41) is 9.06. The molecule has 1 aliphatic carbocycles. The Morgan fingerprint density at radius 2 is 2.25 bits per heavy atom. The molecule has 2 aromatic heterocycles. The molecule has 2 aromatic rings. The zero-order valence-corrected chi connectivity index (χ0v) is 11.8. The third-order valence-corrected chi connectivity index (χ3v) is 3.88. The van der Waals surface area contributed by atoms with Crippen LogP contribution in [-0.2, 0) is 6.54 Å². The topological polar surface area (TPSA) is 68.0 Å². The van der Waals surface area contributed by atoms with Crippen LogP contribution in [0, 0.1) is 5.92 Å². The minimum absolute atomic E-state index is 0.201. The number of hydrogen-bond donors (Lipinski definition) is 1. The number of aromatic carboxylic acids is 1. The second kappa shape index (κ2) is 4.89. The third kappa shape index (κ3) is 2.17. The van der Waals surface area contributed by atoms with Crippen LogP contribution in [-0.4, -0.2) is 25.6 Å². The molecule has 1 aliphatic rings. The molecule has 1 N–H and O–H groups in total. The van der Waals surface area contributed by atoms with E-state index < -0.39 is 5.97 Å². The van der Waals surface area contributed by atoms with Gasteiger partial charge in [0.1, 0.15) is 11.3 Å². The summed E-state index contributed by atoms with van der Waals surface area (Å²) in [6.45, 7) is 5.21. The van der Waals surface area contributed by atoms with Gasteiger partial charge in [-0.1, -0.05) is 20.3 Å². The van der Waals surface area contributed by atoms with E-state index in [4.69, 9.17) is 5.11 Å². The number of carboxylic acids is 1. The summed E-state index contributed by atoms with van der Waals surface area (Å²) in [4.78, 5) is 20.0. The van der Waals surface area contributed by atoms with Crippen molar-refractivity contribution in [3.05, 3.63) is 23.7 Å². The van der Waals surface area contributed by atoms with Crippen molar-refractivity contribution in [2.45, 2.75) is 45.6 Å². The number of aromatic nitrogens is 3. The first-order valence-electron chi connectivity index (χ1n) is 7.15. The molecule has 0 spiro atoms. The van der Waals surface area contributed by atoms with Gasteiger partial charge in [0.25, 0.3) is 0 Å². The van der Waals surface area contributed by atoms with Gasteiger partial charge in [-0.15, -0.1) is 0 Å². The maximum absolute atomic E-state index is 11.0. The van der Waals surface area contributed by atoms with Gasteiger partial charge in [-0.05, 0) is 24.8 Å². The van der Waals surface area contributed by atoms with Crippen molar-refractivity contribution in [2.24, 2.45) is 5.92 Å². The fourth-order valence-corrected chi connectivity index (χ4v) is 2.67. The number of rotatable bonds is 4. The number of fused-ring (bicyclic) bond motifs is 1. The Hall–Kier alpha value is -1.91. The SMILES string of the molecule is CC(C)Cn1c(C2CCC2)nc2cc(C(=O)O)cnc21. The first kappa shape index (κ1) is 13.1. The van der Waals surface area contributed by atoms with E-state index in [1.807, 2.05) is 0 Å². The fraction of sp³-hybridized carbons (Fsp3) is 0.533. The summed E-state index contributed by atoms with van der Waals surface area (Å²) >= 11 is 0. The van der Waals surface area contributed by atoms with Crippen LogP contribution in [0.3, 0.4) is 0 Å². The van der Waals surface area contributed by atoms with Crippen LogP contribution in [0.5, 0.6) is 0 Å². The number of pyridine rings is 1. The van der Waals surface area contributed by atoms with Gasteiger partial charge in [-0.3, -0.25) is 0 Å². The second-order valence-electron chi connectivity index (χ2n) is 5.97. The van der Waals surface area contributed by atoms with Crippen molar-refractivity contribution in [1.29, 1.82) is 0 Å². The lowest BCUT2D eigenvalue weighted by atomic mass is 9.85. The number of nitrogens with zero attached hydrogens (tertiary/aromatic N) is 3. The number of imidazole rings is 1. The molecule has 20 heavy (non-hydrogen) atoms. The highest BCUT2D eigenvalue weighted by Gasteiger charge is 2.26. The second-order valence-corrected chi connectivity index (χ2v) is 5.97. The van der Waals surface area contributed by atoms with E-state index in [1.165, 1.54) is 25.5 Å². The van der Waals surface area contributed by atoms with Gasteiger partial charge >= 0.3 is 5.97 Å². The molecule has 0 saturated heterocycles. The van der Waals surface area contributed by atoms with E-state index in [1.54, 1.807) is 6.07 Å². The molecule has 0 radical (unpaired) electrons. The molecule has 0 aromatic carbocycles. The Morgan fingerprint density at radius 3 is 2.80 bits per heavy atom. The Labute approximate surface area is 117 Å². The minimum Gasteiger partial charge on any atom is -0.478 e. The minimum atomic E-state index is -0.956. The first-order valence-corrected chi connectivity index (χ1v) is 7.15. The Morgan fingerprint density at radius 1 is 1.50 bits per heavy atom. The molecular weight excluding hydrogens is 254 g/mol. The van der Waals surface area contributed by atoms with Crippen molar-refractivity contribution in [3.63, 3.8) is 0 Å². The molecule has 0 aliphatic heterocycles. The summed E-state index contributed by atoms with van der Waals surface area (Å²) in [7, 11) is 0. The van der Waals surface area contributed by atoms with E-state index >= 15 is 0 Å². The fourth-order valence-electron chi connectivity index (χ4n) is 2.67. The summed E-state index contributed by atoms with van der Waals surface area (Å²) < 4.78 is 2.18. The van der Waals surface area contributed by atoms with Gasteiger partial charge in [0.05, 0.1) is 5.56 Å². The third-order valence-electron chi connectivity index (χ3n) is 3.88. The maximum atomic E-state index is 11.0. The van der Waals surface area contributed by atoms with Crippen LogP contribution in [0.1, 0.15) is 55.2 Å². The summed E-state index contributed by atoms with van der Waals surface area (Å²) in [6.07, 6.45) is 5.03. The average Bonchev–Trinajstić information content (AvgIpc) is 2.64. The summed E-state index contributed by atoms with van der Waals surface area (Å²) in [5.74, 6) is 1.14. The molecule has 0 unspecified atom stereocenters. The molecular formula is C15H19N3O2. The Balaban J connectivity index is 2.12. The van der Waals surface area contributed by atoms with Crippen molar-refractivity contribution < 1.29 is 9.90 Å². The average molecular weight is 273 g/mol. The van der Waals surface area contributed by atoms with E-state index in [-0.39, 0.29) is 5.56 Å². The van der Waals surface area contributed by atoms with Crippen LogP contribution < -0.4 is 0 Å². The van der Waals surface area contributed by atoms with E-state index in [9.17, 15) is 4.79 Å². The molecule has 0 amide bonds. The van der Waals surface area contributed by atoms with Gasteiger partial charge in [-0.25, -0.2) is 14.8 Å². The lowest BCUT2D eigenvalue weighted by Gasteiger charge is -2.26. The first-order chi connectivity index (χ1) is 9.56. The zero-order chi connectivity index (χ0) is 14.3. The number of hydrogen-bond acceptors (Lipinski definition) is 3. The lowest BCUT2D eigenvalue weighted by molar-refractivity contribution is 0.0696. The quantitative estimate of drug-likeness (QED) is 0.929. The molecule has 1 saturated carbocycles. The molecule has 1 fully saturated rings. The van der Waals surface area contributed by atoms with Gasteiger partial charge in [0.15, 0.2) is 5.65 Å². The highest BCUT2D eigenvalue weighted by atomic mass is 16.4. The van der Waals surface area contributed by atoms with E-state index in [0.717, 1.165) is 18.0 Å². The van der Waals surface area contributed by atoms with E-state index in [0.29, 0.717) is 17.4 Å². The predicted octanol–water partition coefficient (Wildman–Crippen LogP) is 3.05. The van der Waals surface area contributed by atoms with Gasteiger partial charge in [-0.2, -0.15) is 0 Å². The summed E-state index contributed by atoms with van der Waals surface area (Å²) in [6, 6.07) is 1.63. The Kier molecular flexibility index (Phi) is 3.20. The normalized spacial score (nSPS) is 15.8. The van der Waals surface area contributed by atoms with Crippen molar-refractivity contribution in [2.75, 3.05) is 0 Å². The molecule has 2 heterocycles. The number of carbonyl (C=O) groups is 1. The van der Waals surface area contributed by atoms with Crippen molar-refractivity contribution in [1.82, 2.24) is 14.5 Å². The predicted molar refractivity (Wildman–Crippen MR) is 75.9 cm³/mol. The molecule has 0 bridgehead atoms. The molecule has 0 atom stereocenters. The van der Waals surface area contributed by atoms with Crippen LogP contribution in [0.4, 0.5) is 0 Å². The summed E-state index contributed by atoms with van der Waals surface area (Å²) in [5.41, 5.74) is 1.71. The van der Waals surface area contributed by atoms with Crippen molar-refractivity contribution in [3.8, 4) is 0 Å². The molecule has 5 nitrogen and oxygen atoms in total. The zero-order valence-electron chi connectivity index (χ0n) is 11.8. The van der Waals surface area contributed by atoms with Crippen LogP contribution in [0.2, 0.25) is 0 Å². The smallest absolute Gasteiger partial charge is 0.337 e. The van der Waals surface area contributed by atoms with Crippen molar-refractivity contribution >= 4 is 17.1 Å². The Bertz CT molecular complexity index is 656.